The van der Waals surface area contributed by atoms with E-state index in [1.165, 1.54) is 17.7 Å². The lowest BCUT2D eigenvalue weighted by atomic mass is 10.1. The van der Waals surface area contributed by atoms with Gasteiger partial charge in [-0.2, -0.15) is 0 Å². The van der Waals surface area contributed by atoms with E-state index in [9.17, 15) is 0 Å². The van der Waals surface area contributed by atoms with Crippen molar-refractivity contribution in [2.24, 2.45) is 0 Å². The van der Waals surface area contributed by atoms with Crippen LogP contribution in [0, 0.1) is 0 Å². The van der Waals surface area contributed by atoms with Gasteiger partial charge in [-0.25, -0.2) is 4.68 Å². The summed E-state index contributed by atoms with van der Waals surface area (Å²) in [6.45, 7) is 2.39. The van der Waals surface area contributed by atoms with Crippen molar-refractivity contribution in [3.05, 3.63) is 52.4 Å². The van der Waals surface area contributed by atoms with Crippen molar-refractivity contribution in [1.82, 2.24) is 25.1 Å². The summed E-state index contributed by atoms with van der Waals surface area (Å²) in [4.78, 5) is 3.68. The number of tetrazole rings is 1. The zero-order chi connectivity index (χ0) is 19.5. The second-order valence-corrected chi connectivity index (χ2v) is 8.96. The number of ether oxygens (including phenoxy) is 1. The van der Waals surface area contributed by atoms with Crippen LogP contribution in [0.25, 0.3) is 0 Å². The molecule has 8 heteroatoms. The summed E-state index contributed by atoms with van der Waals surface area (Å²) in [5.74, 6) is 1.88. The van der Waals surface area contributed by atoms with Crippen molar-refractivity contribution in [3.63, 3.8) is 0 Å². The van der Waals surface area contributed by atoms with E-state index in [1.54, 1.807) is 17.6 Å². The number of hydrogen-bond donors (Lipinski definition) is 0. The summed E-state index contributed by atoms with van der Waals surface area (Å²) in [5, 5.41) is 15.2. The molecule has 2 fully saturated rings. The summed E-state index contributed by atoms with van der Waals surface area (Å²) >= 11 is 1.76. The fourth-order valence-electron chi connectivity index (χ4n) is 4.62. The minimum absolute atomic E-state index is 0.0140. The first-order chi connectivity index (χ1) is 14.4. The quantitative estimate of drug-likeness (QED) is 0.551. The molecule has 0 N–H and O–H groups in total. The van der Waals surface area contributed by atoms with Gasteiger partial charge in [0.25, 0.3) is 0 Å². The molecule has 0 radical (unpaired) electrons. The maximum Gasteiger partial charge on any atom is 0.174 e. The number of aromatic nitrogens is 4. The average molecular weight is 414 g/mol. The van der Waals surface area contributed by atoms with Gasteiger partial charge in [0.1, 0.15) is 11.8 Å². The molecule has 2 aliphatic rings. The van der Waals surface area contributed by atoms with Gasteiger partial charge in [-0.05, 0) is 59.7 Å². The number of nitrogens with zero attached hydrogens (tertiary/aromatic N) is 5. The molecule has 154 valence electrons. The van der Waals surface area contributed by atoms with E-state index in [2.05, 4.69) is 42.6 Å². The molecule has 4 heterocycles. The third kappa shape index (κ3) is 4.15. The van der Waals surface area contributed by atoms with Gasteiger partial charge in [0.2, 0.25) is 0 Å². The van der Waals surface area contributed by atoms with Gasteiger partial charge in [0, 0.05) is 18.0 Å². The lowest BCUT2D eigenvalue weighted by molar-refractivity contribution is 0.0549. The number of thiophene rings is 1. The van der Waals surface area contributed by atoms with Gasteiger partial charge in [-0.3, -0.25) is 4.90 Å². The molecule has 0 amide bonds. The highest BCUT2D eigenvalue weighted by Gasteiger charge is 2.34. The highest BCUT2D eigenvalue weighted by molar-refractivity contribution is 7.10. The van der Waals surface area contributed by atoms with Crippen LogP contribution in [0.5, 0.6) is 0 Å². The molecule has 1 saturated heterocycles. The van der Waals surface area contributed by atoms with Gasteiger partial charge in [0.05, 0.1) is 25.0 Å². The Kier molecular flexibility index (Phi) is 5.73. The molecule has 2 atom stereocenters. The van der Waals surface area contributed by atoms with Crippen LogP contribution >= 0.6 is 11.3 Å². The molecule has 1 aliphatic heterocycles. The summed E-state index contributed by atoms with van der Waals surface area (Å²) in [5.41, 5.74) is 0. The zero-order valence-corrected chi connectivity index (χ0v) is 17.3. The Bertz CT molecular complexity index is 867. The molecule has 2 unspecified atom stereocenters. The summed E-state index contributed by atoms with van der Waals surface area (Å²) in [6, 6.07) is 8.66. The topological polar surface area (TPSA) is 69.2 Å². The van der Waals surface area contributed by atoms with Crippen molar-refractivity contribution in [1.29, 1.82) is 0 Å². The van der Waals surface area contributed by atoms with E-state index in [1.807, 2.05) is 12.1 Å². The molecule has 0 spiro atoms. The molecule has 3 aromatic rings. The van der Waals surface area contributed by atoms with Crippen molar-refractivity contribution in [2.45, 2.75) is 63.3 Å². The molecule has 0 aromatic carbocycles. The zero-order valence-electron chi connectivity index (χ0n) is 16.5. The van der Waals surface area contributed by atoms with Crippen LogP contribution in [0.4, 0.5) is 0 Å². The van der Waals surface area contributed by atoms with Gasteiger partial charge < -0.3 is 9.15 Å². The predicted molar refractivity (Wildman–Crippen MR) is 110 cm³/mol. The Labute approximate surface area is 174 Å². The maximum absolute atomic E-state index is 5.99. The van der Waals surface area contributed by atoms with E-state index < -0.39 is 0 Å². The highest BCUT2D eigenvalue weighted by Crippen LogP contribution is 2.36. The maximum atomic E-state index is 5.99. The van der Waals surface area contributed by atoms with Crippen molar-refractivity contribution >= 4 is 11.3 Å². The van der Waals surface area contributed by atoms with E-state index in [4.69, 9.17) is 9.15 Å². The second kappa shape index (κ2) is 8.77. The summed E-state index contributed by atoms with van der Waals surface area (Å²) in [7, 11) is 0. The SMILES string of the molecule is c1coc(CN(CC2CCCO2)C(c2cccs2)c2nnnn2C2CCCC2)c1. The summed E-state index contributed by atoms with van der Waals surface area (Å²) in [6.07, 6.45) is 9.00. The second-order valence-electron chi connectivity index (χ2n) is 7.98. The fourth-order valence-corrected chi connectivity index (χ4v) is 5.48. The molecular formula is C21H27N5O2S. The van der Waals surface area contributed by atoms with Crippen LogP contribution in [0.2, 0.25) is 0 Å². The average Bonchev–Trinajstić information content (AvgIpc) is 3.55. The number of furan rings is 1. The Morgan fingerprint density at radius 2 is 2.10 bits per heavy atom. The minimum atomic E-state index is -0.0140. The van der Waals surface area contributed by atoms with Crippen LogP contribution in [-0.4, -0.2) is 44.4 Å². The van der Waals surface area contributed by atoms with E-state index in [0.717, 1.165) is 50.4 Å². The van der Waals surface area contributed by atoms with Crippen LogP contribution in [0.15, 0.2) is 40.3 Å². The Hall–Kier alpha value is -2.03. The standard InChI is InChI=1S/C21H27N5O2S/c1-2-7-16(6-1)26-21(22-23-24-26)20(19-10-5-13-29-19)25(14-17-8-3-11-27-17)15-18-9-4-12-28-18/h3,5,8,10-11,13,16,18,20H,1-2,4,6-7,9,12,14-15H2. The van der Waals surface area contributed by atoms with E-state index >= 15 is 0 Å². The highest BCUT2D eigenvalue weighted by atomic mass is 32.1. The van der Waals surface area contributed by atoms with E-state index in [0.29, 0.717) is 12.6 Å². The van der Waals surface area contributed by atoms with Crippen LogP contribution in [0.1, 0.15) is 67.1 Å². The lowest BCUT2D eigenvalue weighted by Gasteiger charge is -2.32. The first kappa shape index (κ1) is 19.0. The molecule has 1 saturated carbocycles. The van der Waals surface area contributed by atoms with Crippen LogP contribution < -0.4 is 0 Å². The molecule has 0 bridgehead atoms. The number of hydrogen-bond acceptors (Lipinski definition) is 7. The van der Waals surface area contributed by atoms with Crippen molar-refractivity contribution in [2.75, 3.05) is 13.2 Å². The molecule has 1 aliphatic carbocycles. The van der Waals surface area contributed by atoms with Crippen molar-refractivity contribution < 1.29 is 9.15 Å². The molecular weight excluding hydrogens is 386 g/mol. The minimum Gasteiger partial charge on any atom is -0.468 e. The first-order valence-electron chi connectivity index (χ1n) is 10.6. The third-order valence-corrected chi connectivity index (χ3v) is 6.94. The monoisotopic (exact) mass is 413 g/mol. The predicted octanol–water partition coefficient (Wildman–Crippen LogP) is 4.21. The lowest BCUT2D eigenvalue weighted by Crippen LogP contribution is -2.37. The Morgan fingerprint density at radius 3 is 2.83 bits per heavy atom. The van der Waals surface area contributed by atoms with Gasteiger partial charge >= 0.3 is 0 Å². The molecule has 7 nitrogen and oxygen atoms in total. The molecule has 5 rings (SSSR count). The molecule has 3 aromatic heterocycles. The Morgan fingerprint density at radius 1 is 1.17 bits per heavy atom. The number of rotatable bonds is 8. The molecule has 29 heavy (non-hydrogen) atoms. The van der Waals surface area contributed by atoms with Gasteiger partial charge in [-0.15, -0.1) is 16.4 Å². The van der Waals surface area contributed by atoms with Crippen LogP contribution in [0.3, 0.4) is 0 Å². The smallest absolute Gasteiger partial charge is 0.174 e. The summed E-state index contributed by atoms with van der Waals surface area (Å²) < 4.78 is 13.8. The largest absolute Gasteiger partial charge is 0.468 e. The van der Waals surface area contributed by atoms with E-state index in [-0.39, 0.29) is 12.1 Å². The van der Waals surface area contributed by atoms with Crippen molar-refractivity contribution in [3.8, 4) is 0 Å². The van der Waals surface area contributed by atoms with Crippen LogP contribution in [-0.2, 0) is 11.3 Å². The third-order valence-electron chi connectivity index (χ3n) is 6.01. The Balaban J connectivity index is 1.51. The first-order valence-corrected chi connectivity index (χ1v) is 11.5. The van der Waals surface area contributed by atoms with Gasteiger partial charge in [0.15, 0.2) is 5.82 Å². The van der Waals surface area contributed by atoms with Gasteiger partial charge in [-0.1, -0.05) is 18.9 Å². The normalized spacial score (nSPS) is 21.3. The fraction of sp³-hybridized carbons (Fsp3) is 0.571.